The Balaban J connectivity index is 1.75. The van der Waals surface area contributed by atoms with E-state index in [4.69, 9.17) is 4.42 Å². The lowest BCUT2D eigenvalue weighted by Crippen LogP contribution is -2.41. The van der Waals surface area contributed by atoms with Gasteiger partial charge in [-0.1, -0.05) is 0 Å². The highest BCUT2D eigenvalue weighted by atomic mass is 19.1. The predicted molar refractivity (Wildman–Crippen MR) is 75.7 cm³/mol. The van der Waals surface area contributed by atoms with E-state index in [0.29, 0.717) is 11.8 Å². The zero-order chi connectivity index (χ0) is 17.5. The smallest absolute Gasteiger partial charge is 0.341 e. The normalized spacial score (nSPS) is 10.1. The number of halogens is 2. The zero-order valence-corrected chi connectivity index (χ0v) is 12.2. The van der Waals surface area contributed by atoms with Gasteiger partial charge in [0.15, 0.2) is 6.61 Å². The maximum Gasteiger partial charge on any atom is 0.341 e. The third kappa shape index (κ3) is 4.90. The van der Waals surface area contributed by atoms with Gasteiger partial charge >= 0.3 is 12.0 Å². The lowest BCUT2D eigenvalue weighted by Gasteiger charge is -2.07. The standard InChI is InChI=1S/C15H12F2N2O5/c16-9-3-4-11(12(17)6-9)14(21)24-8-13(20)19-15(22)18-7-10-2-1-5-23-10/h1-6H,7-8H2,(H2,18,19,20,22). The molecule has 2 N–H and O–H groups in total. The largest absolute Gasteiger partial charge is 0.467 e. The minimum Gasteiger partial charge on any atom is -0.467 e. The summed E-state index contributed by atoms with van der Waals surface area (Å²) in [4.78, 5) is 34.5. The van der Waals surface area contributed by atoms with E-state index in [-0.39, 0.29) is 6.54 Å². The number of ether oxygens (including phenoxy) is 1. The molecular formula is C15H12F2N2O5. The molecule has 0 atom stereocenters. The molecule has 0 aliphatic rings. The highest BCUT2D eigenvalue weighted by Gasteiger charge is 2.16. The van der Waals surface area contributed by atoms with Crippen LogP contribution in [-0.2, 0) is 16.1 Å². The summed E-state index contributed by atoms with van der Waals surface area (Å²) in [6.07, 6.45) is 1.42. The quantitative estimate of drug-likeness (QED) is 0.810. The van der Waals surface area contributed by atoms with Gasteiger partial charge in [0.05, 0.1) is 18.4 Å². The minimum absolute atomic E-state index is 0.0622. The number of rotatable bonds is 5. The van der Waals surface area contributed by atoms with E-state index in [2.05, 4.69) is 10.1 Å². The number of benzene rings is 1. The number of carbonyl (C=O) groups is 3. The van der Waals surface area contributed by atoms with E-state index in [0.717, 1.165) is 12.1 Å². The molecule has 0 aliphatic heterocycles. The third-order valence-corrected chi connectivity index (χ3v) is 2.74. The van der Waals surface area contributed by atoms with Crippen LogP contribution in [0.5, 0.6) is 0 Å². The number of hydrogen-bond donors (Lipinski definition) is 2. The monoisotopic (exact) mass is 338 g/mol. The molecular weight excluding hydrogens is 326 g/mol. The molecule has 1 aromatic carbocycles. The fourth-order valence-corrected chi connectivity index (χ4v) is 1.65. The van der Waals surface area contributed by atoms with Gasteiger partial charge < -0.3 is 14.5 Å². The summed E-state index contributed by atoms with van der Waals surface area (Å²) < 4.78 is 35.6. The molecule has 0 fully saturated rings. The molecule has 0 bridgehead atoms. The van der Waals surface area contributed by atoms with E-state index < -0.39 is 41.7 Å². The van der Waals surface area contributed by atoms with Crippen molar-refractivity contribution in [3.05, 3.63) is 59.6 Å². The fraction of sp³-hybridized carbons (Fsp3) is 0.133. The van der Waals surface area contributed by atoms with Gasteiger partial charge in [-0.3, -0.25) is 10.1 Å². The summed E-state index contributed by atoms with van der Waals surface area (Å²) in [6.45, 7) is -0.740. The maximum absolute atomic E-state index is 13.4. The van der Waals surface area contributed by atoms with Gasteiger partial charge in [0.2, 0.25) is 0 Å². The van der Waals surface area contributed by atoms with E-state index in [1.54, 1.807) is 12.1 Å². The molecule has 0 unspecified atom stereocenters. The second-order valence-electron chi connectivity index (χ2n) is 4.51. The maximum atomic E-state index is 13.4. The van der Waals surface area contributed by atoms with Crippen LogP contribution in [0.25, 0.3) is 0 Å². The van der Waals surface area contributed by atoms with Crippen molar-refractivity contribution >= 4 is 17.9 Å². The lowest BCUT2D eigenvalue weighted by molar-refractivity contribution is -0.123. The second-order valence-corrected chi connectivity index (χ2v) is 4.51. The summed E-state index contributed by atoms with van der Waals surface area (Å²) in [5.74, 6) is -3.55. The van der Waals surface area contributed by atoms with Crippen LogP contribution in [0, 0.1) is 11.6 Å². The number of furan rings is 1. The third-order valence-electron chi connectivity index (χ3n) is 2.74. The summed E-state index contributed by atoms with van der Waals surface area (Å²) in [5, 5.41) is 4.26. The predicted octanol–water partition coefficient (Wildman–Crippen LogP) is 1.74. The van der Waals surface area contributed by atoms with E-state index in [1.807, 2.05) is 5.32 Å². The highest BCUT2D eigenvalue weighted by Crippen LogP contribution is 2.10. The Labute approximate surface area is 134 Å². The van der Waals surface area contributed by atoms with Crippen LogP contribution < -0.4 is 10.6 Å². The molecule has 1 heterocycles. The van der Waals surface area contributed by atoms with Gasteiger partial charge in [0.25, 0.3) is 5.91 Å². The molecule has 0 saturated heterocycles. The Morgan fingerprint density at radius 2 is 1.96 bits per heavy atom. The summed E-state index contributed by atoms with van der Waals surface area (Å²) in [7, 11) is 0. The summed E-state index contributed by atoms with van der Waals surface area (Å²) in [6, 6.07) is 4.72. The summed E-state index contributed by atoms with van der Waals surface area (Å²) in [5.41, 5.74) is -0.522. The molecule has 0 saturated carbocycles. The van der Waals surface area contributed by atoms with Crippen LogP contribution in [0.1, 0.15) is 16.1 Å². The van der Waals surface area contributed by atoms with Gasteiger partial charge in [0, 0.05) is 6.07 Å². The SMILES string of the molecule is O=C(COC(=O)c1ccc(F)cc1F)NC(=O)NCc1ccco1. The Hall–Kier alpha value is -3.23. The molecule has 2 rings (SSSR count). The first-order valence-corrected chi connectivity index (χ1v) is 6.68. The Bertz CT molecular complexity index is 746. The van der Waals surface area contributed by atoms with Crippen molar-refractivity contribution in [1.29, 1.82) is 0 Å². The topological polar surface area (TPSA) is 97.6 Å². The lowest BCUT2D eigenvalue weighted by atomic mass is 10.2. The van der Waals surface area contributed by atoms with Crippen LogP contribution in [0.3, 0.4) is 0 Å². The van der Waals surface area contributed by atoms with Crippen molar-refractivity contribution in [2.45, 2.75) is 6.54 Å². The molecule has 0 radical (unpaired) electrons. The van der Waals surface area contributed by atoms with Crippen LogP contribution in [0.2, 0.25) is 0 Å². The first-order valence-electron chi connectivity index (χ1n) is 6.68. The first-order chi connectivity index (χ1) is 11.5. The van der Waals surface area contributed by atoms with Crippen molar-refractivity contribution in [3.8, 4) is 0 Å². The van der Waals surface area contributed by atoms with Crippen molar-refractivity contribution in [3.63, 3.8) is 0 Å². The van der Waals surface area contributed by atoms with Crippen molar-refractivity contribution in [1.82, 2.24) is 10.6 Å². The van der Waals surface area contributed by atoms with Crippen LogP contribution in [-0.4, -0.2) is 24.5 Å². The average Bonchev–Trinajstić information content (AvgIpc) is 3.04. The number of esters is 1. The van der Waals surface area contributed by atoms with Crippen molar-refractivity contribution < 1.29 is 32.3 Å². The van der Waals surface area contributed by atoms with Gasteiger partial charge in [-0.2, -0.15) is 0 Å². The van der Waals surface area contributed by atoms with Crippen LogP contribution in [0.15, 0.2) is 41.0 Å². The molecule has 7 nitrogen and oxygen atoms in total. The molecule has 0 spiro atoms. The first kappa shape index (κ1) is 17.1. The van der Waals surface area contributed by atoms with Crippen molar-refractivity contribution in [2.75, 3.05) is 6.61 Å². The fourth-order valence-electron chi connectivity index (χ4n) is 1.65. The van der Waals surface area contributed by atoms with Crippen LogP contribution in [0.4, 0.5) is 13.6 Å². The highest BCUT2D eigenvalue weighted by molar-refractivity contribution is 5.97. The van der Waals surface area contributed by atoms with Gasteiger partial charge in [-0.25, -0.2) is 18.4 Å². The van der Waals surface area contributed by atoms with Gasteiger partial charge in [0.1, 0.15) is 17.4 Å². The number of carbonyl (C=O) groups excluding carboxylic acids is 3. The molecule has 1 aromatic heterocycles. The minimum atomic E-state index is -1.15. The average molecular weight is 338 g/mol. The molecule has 9 heteroatoms. The Morgan fingerprint density at radius 1 is 1.17 bits per heavy atom. The summed E-state index contributed by atoms with van der Waals surface area (Å²) >= 11 is 0. The van der Waals surface area contributed by atoms with Crippen LogP contribution >= 0.6 is 0 Å². The molecule has 2 aromatic rings. The number of hydrogen-bond acceptors (Lipinski definition) is 5. The molecule has 24 heavy (non-hydrogen) atoms. The Morgan fingerprint density at radius 3 is 2.62 bits per heavy atom. The number of amides is 3. The zero-order valence-electron chi connectivity index (χ0n) is 12.2. The van der Waals surface area contributed by atoms with Gasteiger partial charge in [-0.15, -0.1) is 0 Å². The molecule has 3 amide bonds. The Kier molecular flexibility index (Phi) is 5.61. The second kappa shape index (κ2) is 7.86. The number of nitrogens with one attached hydrogen (secondary N) is 2. The molecule has 0 aliphatic carbocycles. The molecule has 126 valence electrons. The number of urea groups is 1. The van der Waals surface area contributed by atoms with E-state index in [9.17, 15) is 23.2 Å². The number of imide groups is 1. The van der Waals surface area contributed by atoms with E-state index >= 15 is 0 Å². The van der Waals surface area contributed by atoms with Crippen molar-refractivity contribution in [2.24, 2.45) is 0 Å². The van der Waals surface area contributed by atoms with Gasteiger partial charge in [-0.05, 0) is 24.3 Å². The van der Waals surface area contributed by atoms with E-state index in [1.165, 1.54) is 6.26 Å².